The first-order valence-corrected chi connectivity index (χ1v) is 6.34. The van der Waals surface area contributed by atoms with Gasteiger partial charge in [0.15, 0.2) is 0 Å². The number of carbonyl (C=O) groups excluding carboxylic acids is 2. The predicted molar refractivity (Wildman–Crippen MR) is 66.1 cm³/mol. The third-order valence-corrected chi connectivity index (χ3v) is 3.46. The van der Waals surface area contributed by atoms with E-state index in [1.165, 1.54) is 24.4 Å². The minimum Gasteiger partial charge on any atom is -0.469 e. The van der Waals surface area contributed by atoms with Gasteiger partial charge >= 0.3 is 5.97 Å². The molecule has 1 amide bonds. The number of ether oxygens (including phenoxy) is 1. The van der Waals surface area contributed by atoms with Crippen LogP contribution in [0.1, 0.15) is 25.8 Å². The van der Waals surface area contributed by atoms with Crippen LogP contribution in [0.25, 0.3) is 0 Å². The highest BCUT2D eigenvalue weighted by atomic mass is 16.5. The molecule has 0 bridgehead atoms. The van der Waals surface area contributed by atoms with Crippen LogP contribution in [0, 0.1) is 5.92 Å². The average molecular weight is 266 g/mol. The van der Waals surface area contributed by atoms with Crippen molar-refractivity contribution in [1.29, 1.82) is 0 Å². The molecule has 19 heavy (non-hydrogen) atoms. The van der Waals surface area contributed by atoms with E-state index in [2.05, 4.69) is 10.1 Å². The van der Waals surface area contributed by atoms with E-state index in [1.54, 1.807) is 11.8 Å². The molecule has 0 saturated carbocycles. The molecule has 0 aliphatic carbocycles. The van der Waals surface area contributed by atoms with Crippen LogP contribution in [-0.4, -0.2) is 51.7 Å². The van der Waals surface area contributed by atoms with Crippen molar-refractivity contribution in [3.8, 4) is 0 Å². The topological polar surface area (TPSA) is 77.3 Å². The van der Waals surface area contributed by atoms with E-state index in [0.717, 1.165) is 12.8 Å². The quantitative estimate of drug-likeness (QED) is 0.733. The van der Waals surface area contributed by atoms with Gasteiger partial charge in [0.05, 0.1) is 13.0 Å². The van der Waals surface area contributed by atoms with Gasteiger partial charge in [0.2, 0.25) is 5.91 Å². The average Bonchev–Trinajstić information content (AvgIpc) is 2.99. The lowest BCUT2D eigenvalue weighted by molar-refractivity contribution is -0.149. The highest BCUT2D eigenvalue weighted by molar-refractivity contribution is 5.81. The van der Waals surface area contributed by atoms with Gasteiger partial charge in [0, 0.05) is 13.1 Å². The summed E-state index contributed by atoms with van der Waals surface area (Å²) in [7, 11) is 1.38. The monoisotopic (exact) mass is 266 g/mol. The molecule has 2 unspecified atom stereocenters. The number of methoxy groups -OCH3 is 1. The molecule has 104 valence electrons. The third-order valence-electron chi connectivity index (χ3n) is 3.46. The van der Waals surface area contributed by atoms with Gasteiger partial charge in [-0.3, -0.25) is 9.59 Å². The second-order valence-electron chi connectivity index (χ2n) is 4.70. The zero-order valence-corrected chi connectivity index (χ0v) is 11.2. The Bertz CT molecular complexity index is 446. The number of hydrogen-bond donors (Lipinski definition) is 0. The molecule has 0 N–H and O–H groups in total. The minimum absolute atomic E-state index is 0.0425. The summed E-state index contributed by atoms with van der Waals surface area (Å²) >= 11 is 0. The van der Waals surface area contributed by atoms with E-state index in [1.807, 2.05) is 0 Å². The fourth-order valence-corrected chi connectivity index (χ4v) is 2.33. The van der Waals surface area contributed by atoms with E-state index in [9.17, 15) is 9.59 Å². The van der Waals surface area contributed by atoms with E-state index < -0.39 is 6.04 Å². The maximum absolute atomic E-state index is 12.3. The summed E-state index contributed by atoms with van der Waals surface area (Å²) in [5.74, 6) is -0.504. The number of nitrogens with zero attached hydrogens (tertiary/aromatic N) is 4. The molecule has 7 heteroatoms. The van der Waals surface area contributed by atoms with Crippen molar-refractivity contribution < 1.29 is 14.3 Å². The number of hydrogen-bond acceptors (Lipinski definition) is 5. The molecule has 2 rings (SSSR count). The van der Waals surface area contributed by atoms with Crippen LogP contribution in [0.2, 0.25) is 0 Å². The first kappa shape index (κ1) is 13.5. The van der Waals surface area contributed by atoms with Gasteiger partial charge in [-0.2, -0.15) is 5.10 Å². The molecule has 2 atom stereocenters. The van der Waals surface area contributed by atoms with Crippen LogP contribution >= 0.6 is 0 Å². The number of amides is 1. The summed E-state index contributed by atoms with van der Waals surface area (Å²) in [4.78, 5) is 29.4. The Morgan fingerprint density at radius 2 is 2.26 bits per heavy atom. The van der Waals surface area contributed by atoms with Gasteiger partial charge in [-0.1, -0.05) is 0 Å². The summed E-state index contributed by atoms with van der Waals surface area (Å²) in [5, 5.41) is 3.97. The number of rotatable bonds is 3. The second kappa shape index (κ2) is 5.81. The summed E-state index contributed by atoms with van der Waals surface area (Å²) in [6.45, 7) is 2.87. The molecule has 2 heterocycles. The molecule has 1 aromatic rings. The Morgan fingerprint density at radius 3 is 2.89 bits per heavy atom. The fraction of sp³-hybridized carbons (Fsp3) is 0.667. The number of carbonyl (C=O) groups is 2. The predicted octanol–water partition coefficient (Wildman–Crippen LogP) is 0.251. The third kappa shape index (κ3) is 2.91. The molecule has 0 radical (unpaired) electrons. The second-order valence-corrected chi connectivity index (χ2v) is 4.70. The lowest BCUT2D eigenvalue weighted by Gasteiger charge is -2.32. The molecule has 0 spiro atoms. The standard InChI is InChI=1S/C12H18N4O3/c1-9(16-8-13-7-14-16)11(17)15-5-3-4-10(6-15)12(18)19-2/h7-10H,3-6H2,1-2H3. The minimum atomic E-state index is -0.404. The van der Waals surface area contributed by atoms with E-state index in [0.29, 0.717) is 13.1 Å². The van der Waals surface area contributed by atoms with Crippen molar-refractivity contribution in [3.05, 3.63) is 12.7 Å². The number of aromatic nitrogens is 3. The molecule has 1 aliphatic heterocycles. The maximum atomic E-state index is 12.3. The van der Waals surface area contributed by atoms with Crippen molar-refractivity contribution in [2.24, 2.45) is 5.92 Å². The van der Waals surface area contributed by atoms with Crippen molar-refractivity contribution in [2.75, 3.05) is 20.2 Å². The summed E-state index contributed by atoms with van der Waals surface area (Å²) < 4.78 is 6.26. The molecular formula is C12H18N4O3. The number of piperidine rings is 1. The normalized spacial score (nSPS) is 20.9. The van der Waals surface area contributed by atoms with Crippen LogP contribution in [0.4, 0.5) is 0 Å². The van der Waals surface area contributed by atoms with Crippen LogP contribution in [0.3, 0.4) is 0 Å². The summed E-state index contributed by atoms with van der Waals surface area (Å²) in [6, 6.07) is -0.404. The molecule has 1 aromatic heterocycles. The van der Waals surface area contributed by atoms with Crippen molar-refractivity contribution in [2.45, 2.75) is 25.8 Å². The maximum Gasteiger partial charge on any atom is 0.310 e. The van der Waals surface area contributed by atoms with Gasteiger partial charge in [-0.25, -0.2) is 9.67 Å². The van der Waals surface area contributed by atoms with Gasteiger partial charge in [-0.05, 0) is 19.8 Å². The molecule has 1 saturated heterocycles. The molecule has 1 aliphatic rings. The summed E-state index contributed by atoms with van der Waals surface area (Å²) in [5.41, 5.74) is 0. The smallest absolute Gasteiger partial charge is 0.310 e. The van der Waals surface area contributed by atoms with Gasteiger partial charge in [0.1, 0.15) is 18.7 Å². The summed E-state index contributed by atoms with van der Waals surface area (Å²) in [6.07, 6.45) is 4.51. The first-order valence-electron chi connectivity index (χ1n) is 6.34. The van der Waals surface area contributed by atoms with Crippen molar-refractivity contribution >= 4 is 11.9 Å². The van der Waals surface area contributed by atoms with Gasteiger partial charge in [0.25, 0.3) is 0 Å². The van der Waals surface area contributed by atoms with Crippen molar-refractivity contribution in [3.63, 3.8) is 0 Å². The lowest BCUT2D eigenvalue weighted by atomic mass is 9.97. The zero-order chi connectivity index (χ0) is 13.8. The van der Waals surface area contributed by atoms with E-state index in [4.69, 9.17) is 4.74 Å². The Morgan fingerprint density at radius 1 is 1.47 bits per heavy atom. The number of esters is 1. The van der Waals surface area contributed by atoms with Crippen molar-refractivity contribution in [1.82, 2.24) is 19.7 Å². The Balaban J connectivity index is 2.01. The Hall–Kier alpha value is -1.92. The highest BCUT2D eigenvalue weighted by Gasteiger charge is 2.31. The molecule has 0 aromatic carbocycles. The molecular weight excluding hydrogens is 248 g/mol. The SMILES string of the molecule is COC(=O)C1CCCN(C(=O)C(C)n2cncn2)C1. The molecule has 7 nitrogen and oxygen atoms in total. The molecule has 1 fully saturated rings. The first-order chi connectivity index (χ1) is 9.13. The largest absolute Gasteiger partial charge is 0.469 e. The Kier molecular flexibility index (Phi) is 4.13. The van der Waals surface area contributed by atoms with Crippen LogP contribution in [0.15, 0.2) is 12.7 Å². The fourth-order valence-electron chi connectivity index (χ4n) is 2.33. The highest BCUT2D eigenvalue weighted by Crippen LogP contribution is 2.20. The van der Waals surface area contributed by atoms with Crippen LogP contribution in [0.5, 0.6) is 0 Å². The lowest BCUT2D eigenvalue weighted by Crippen LogP contribution is -2.45. The van der Waals surface area contributed by atoms with Gasteiger partial charge < -0.3 is 9.64 Å². The Labute approximate surface area is 111 Å². The number of likely N-dealkylation sites (tertiary alicyclic amines) is 1. The van der Waals surface area contributed by atoms with E-state index >= 15 is 0 Å². The zero-order valence-electron chi connectivity index (χ0n) is 11.2. The van der Waals surface area contributed by atoms with Gasteiger partial charge in [-0.15, -0.1) is 0 Å². The van der Waals surface area contributed by atoms with Crippen LogP contribution < -0.4 is 0 Å². The van der Waals surface area contributed by atoms with E-state index in [-0.39, 0.29) is 17.8 Å². The van der Waals surface area contributed by atoms with Crippen LogP contribution in [-0.2, 0) is 14.3 Å².